The van der Waals surface area contributed by atoms with Gasteiger partial charge in [-0.05, 0) is 31.2 Å². The number of halogens is 2. The Kier molecular flexibility index (Phi) is 4.55. The van der Waals surface area contributed by atoms with Crippen LogP contribution in [0.4, 0.5) is 5.69 Å². The van der Waals surface area contributed by atoms with Crippen LogP contribution in [0.2, 0.25) is 10.0 Å². The summed E-state index contributed by atoms with van der Waals surface area (Å²) in [5.41, 5.74) is 2.09. The lowest BCUT2D eigenvalue weighted by molar-refractivity contribution is 0.102. The van der Waals surface area contributed by atoms with Crippen molar-refractivity contribution in [1.29, 1.82) is 0 Å². The molecule has 0 aliphatic heterocycles. The lowest BCUT2D eigenvalue weighted by Gasteiger charge is -2.08. The van der Waals surface area contributed by atoms with Crippen molar-refractivity contribution in [2.24, 2.45) is 0 Å². The van der Waals surface area contributed by atoms with Crippen LogP contribution in [0.3, 0.4) is 0 Å². The number of carbonyl (C=O) groups is 1. The van der Waals surface area contributed by atoms with E-state index in [0.29, 0.717) is 44.9 Å². The van der Waals surface area contributed by atoms with E-state index < -0.39 is 0 Å². The number of fused-ring (bicyclic) bond motifs is 1. The van der Waals surface area contributed by atoms with Gasteiger partial charge in [0.15, 0.2) is 5.65 Å². The fourth-order valence-electron chi connectivity index (χ4n) is 2.73. The summed E-state index contributed by atoms with van der Waals surface area (Å²) in [4.78, 5) is 21.1. The van der Waals surface area contributed by atoms with E-state index in [9.17, 15) is 4.79 Å². The fourth-order valence-corrected chi connectivity index (χ4v) is 3.22. The van der Waals surface area contributed by atoms with E-state index in [-0.39, 0.29) is 11.5 Å². The Morgan fingerprint density at radius 2 is 2.00 bits per heavy atom. The first-order valence-electron chi connectivity index (χ1n) is 8.00. The first-order valence-corrected chi connectivity index (χ1v) is 8.75. The van der Waals surface area contributed by atoms with Gasteiger partial charge in [-0.3, -0.25) is 4.79 Å². The summed E-state index contributed by atoms with van der Waals surface area (Å²) < 4.78 is 6.90. The van der Waals surface area contributed by atoms with Gasteiger partial charge >= 0.3 is 0 Å². The predicted molar refractivity (Wildman–Crippen MR) is 102 cm³/mol. The van der Waals surface area contributed by atoms with Crippen molar-refractivity contribution in [3.63, 3.8) is 0 Å². The molecular weight excluding hydrogens is 389 g/mol. The van der Waals surface area contributed by atoms with Gasteiger partial charge in [0.25, 0.3) is 5.91 Å². The molecule has 1 amide bonds. The Labute approximate surface area is 163 Å². The van der Waals surface area contributed by atoms with E-state index in [1.807, 2.05) is 6.92 Å². The third kappa shape index (κ3) is 3.39. The number of anilines is 1. The molecule has 0 radical (unpaired) electrons. The van der Waals surface area contributed by atoms with Gasteiger partial charge in [0.2, 0.25) is 5.89 Å². The van der Waals surface area contributed by atoms with Crippen LogP contribution >= 0.6 is 23.2 Å². The van der Waals surface area contributed by atoms with Gasteiger partial charge in [-0.2, -0.15) is 5.10 Å². The standard InChI is InChI=1S/C18H13Cl2N5O2/c1-10-15-16(20)13(18(26)23-12-4-2-11(19)3-5-12)8-22-17(15)25(24-10)9-14-21-6-7-27-14/h2-8H,9H2,1H3,(H,23,26). The number of aromatic nitrogens is 4. The molecule has 0 atom stereocenters. The zero-order valence-corrected chi connectivity index (χ0v) is 15.6. The number of amides is 1. The van der Waals surface area contributed by atoms with E-state index in [4.69, 9.17) is 27.6 Å². The second-order valence-corrected chi connectivity index (χ2v) is 6.63. The summed E-state index contributed by atoms with van der Waals surface area (Å²) >= 11 is 12.4. The van der Waals surface area contributed by atoms with Gasteiger partial charge in [0.05, 0.1) is 27.9 Å². The molecule has 0 fully saturated rings. The number of hydrogen-bond donors (Lipinski definition) is 1. The summed E-state index contributed by atoms with van der Waals surface area (Å²) in [6.45, 7) is 2.12. The van der Waals surface area contributed by atoms with E-state index in [1.165, 1.54) is 12.5 Å². The second kappa shape index (κ2) is 7.02. The maximum atomic E-state index is 12.6. The largest absolute Gasteiger partial charge is 0.447 e. The number of nitrogens with zero attached hydrogens (tertiary/aromatic N) is 4. The van der Waals surface area contributed by atoms with E-state index in [2.05, 4.69) is 20.4 Å². The molecule has 0 unspecified atom stereocenters. The number of oxazole rings is 1. The summed E-state index contributed by atoms with van der Waals surface area (Å²) in [7, 11) is 0. The van der Waals surface area contributed by atoms with Crippen LogP contribution < -0.4 is 5.32 Å². The predicted octanol–water partition coefficient (Wildman–Crippen LogP) is 4.34. The molecule has 9 heteroatoms. The Morgan fingerprint density at radius 3 is 2.70 bits per heavy atom. The van der Waals surface area contributed by atoms with Crippen LogP contribution in [0.1, 0.15) is 21.9 Å². The molecule has 4 rings (SSSR count). The van der Waals surface area contributed by atoms with Crippen molar-refractivity contribution in [2.75, 3.05) is 5.32 Å². The van der Waals surface area contributed by atoms with Crippen LogP contribution in [0.5, 0.6) is 0 Å². The minimum Gasteiger partial charge on any atom is -0.447 e. The summed E-state index contributed by atoms with van der Waals surface area (Å²) in [5.74, 6) is 0.137. The number of rotatable bonds is 4. The third-order valence-electron chi connectivity index (χ3n) is 3.99. The summed E-state index contributed by atoms with van der Waals surface area (Å²) in [6, 6.07) is 6.80. The van der Waals surface area contributed by atoms with Crippen molar-refractivity contribution in [2.45, 2.75) is 13.5 Å². The molecule has 3 aromatic heterocycles. The first kappa shape index (κ1) is 17.5. The molecule has 7 nitrogen and oxygen atoms in total. The van der Waals surface area contributed by atoms with E-state index in [0.717, 1.165) is 0 Å². The molecular formula is C18H13Cl2N5O2. The van der Waals surface area contributed by atoms with Crippen molar-refractivity contribution >= 4 is 45.8 Å². The molecule has 3 heterocycles. The average molecular weight is 402 g/mol. The SMILES string of the molecule is Cc1nn(Cc2ncco2)c2ncc(C(=O)Nc3ccc(Cl)cc3)c(Cl)c12. The average Bonchev–Trinajstić information content (AvgIpc) is 3.26. The Balaban J connectivity index is 1.68. The highest BCUT2D eigenvalue weighted by Crippen LogP contribution is 2.29. The molecule has 0 saturated carbocycles. The quantitative estimate of drug-likeness (QED) is 0.549. The zero-order chi connectivity index (χ0) is 19.0. The topological polar surface area (TPSA) is 85.8 Å². The van der Waals surface area contributed by atoms with Gasteiger partial charge in [-0.15, -0.1) is 0 Å². The first-order chi connectivity index (χ1) is 13.0. The smallest absolute Gasteiger partial charge is 0.258 e. The molecule has 136 valence electrons. The van der Waals surface area contributed by atoms with Crippen LogP contribution in [-0.2, 0) is 6.54 Å². The summed E-state index contributed by atoms with van der Waals surface area (Å²) in [6.07, 6.45) is 4.49. The highest BCUT2D eigenvalue weighted by molar-refractivity contribution is 6.39. The van der Waals surface area contributed by atoms with Gasteiger partial charge < -0.3 is 9.73 Å². The molecule has 1 N–H and O–H groups in total. The third-order valence-corrected chi connectivity index (χ3v) is 4.63. The molecule has 0 aliphatic rings. The van der Waals surface area contributed by atoms with Gasteiger partial charge in [0, 0.05) is 16.9 Å². The van der Waals surface area contributed by atoms with Crippen molar-refractivity contribution < 1.29 is 9.21 Å². The van der Waals surface area contributed by atoms with Gasteiger partial charge in [-0.1, -0.05) is 23.2 Å². The van der Waals surface area contributed by atoms with Crippen molar-refractivity contribution in [1.82, 2.24) is 19.7 Å². The lowest BCUT2D eigenvalue weighted by atomic mass is 10.2. The van der Waals surface area contributed by atoms with Crippen LogP contribution in [0.15, 0.2) is 47.3 Å². The van der Waals surface area contributed by atoms with E-state index in [1.54, 1.807) is 35.1 Å². The number of nitrogens with one attached hydrogen (secondary N) is 1. The number of pyridine rings is 1. The zero-order valence-electron chi connectivity index (χ0n) is 14.1. The monoisotopic (exact) mass is 401 g/mol. The molecule has 0 saturated heterocycles. The maximum Gasteiger partial charge on any atom is 0.258 e. The normalized spacial score (nSPS) is 11.1. The highest BCUT2D eigenvalue weighted by atomic mass is 35.5. The minimum atomic E-state index is -0.364. The molecule has 27 heavy (non-hydrogen) atoms. The number of hydrogen-bond acceptors (Lipinski definition) is 5. The molecule has 0 spiro atoms. The van der Waals surface area contributed by atoms with Crippen LogP contribution in [-0.4, -0.2) is 25.7 Å². The minimum absolute atomic E-state index is 0.262. The van der Waals surface area contributed by atoms with E-state index >= 15 is 0 Å². The molecule has 0 aliphatic carbocycles. The van der Waals surface area contributed by atoms with Gasteiger partial charge in [-0.25, -0.2) is 14.6 Å². The van der Waals surface area contributed by atoms with Gasteiger partial charge in [0.1, 0.15) is 12.8 Å². The number of benzene rings is 1. The molecule has 0 bridgehead atoms. The lowest BCUT2D eigenvalue weighted by Crippen LogP contribution is -2.13. The Bertz CT molecular complexity index is 1120. The van der Waals surface area contributed by atoms with Crippen LogP contribution in [0, 0.1) is 6.92 Å². The van der Waals surface area contributed by atoms with Crippen molar-refractivity contribution in [3.05, 3.63) is 70.1 Å². The molecule has 4 aromatic rings. The number of aryl methyl sites for hydroxylation is 1. The number of carbonyl (C=O) groups excluding carboxylic acids is 1. The Morgan fingerprint density at radius 1 is 1.22 bits per heavy atom. The maximum absolute atomic E-state index is 12.6. The Hall–Kier alpha value is -2.90. The molecule has 1 aromatic carbocycles. The fraction of sp³-hybridized carbons (Fsp3) is 0.111. The summed E-state index contributed by atoms with van der Waals surface area (Å²) in [5, 5.41) is 8.72. The highest BCUT2D eigenvalue weighted by Gasteiger charge is 2.20. The second-order valence-electron chi connectivity index (χ2n) is 5.81. The van der Waals surface area contributed by atoms with Crippen molar-refractivity contribution in [3.8, 4) is 0 Å². The van der Waals surface area contributed by atoms with Crippen LogP contribution in [0.25, 0.3) is 11.0 Å².